The zero-order valence-electron chi connectivity index (χ0n) is 10.9. The molecule has 1 aliphatic rings. The zero-order valence-corrected chi connectivity index (χ0v) is 11.7. The molecule has 0 heterocycles. The summed E-state index contributed by atoms with van der Waals surface area (Å²) in [6.45, 7) is 0.829. The first-order valence-electron chi connectivity index (χ1n) is 6.59. The number of nitrogens with one attached hydrogen (secondary N) is 1. The fourth-order valence-corrected chi connectivity index (χ4v) is 3.02. The number of anilines is 1. The summed E-state index contributed by atoms with van der Waals surface area (Å²) >= 11 is 0. The summed E-state index contributed by atoms with van der Waals surface area (Å²) in [6, 6.07) is 6.75. The lowest BCUT2D eigenvalue weighted by Gasteiger charge is -2.28. The van der Waals surface area contributed by atoms with Crippen LogP contribution in [0.5, 0.6) is 0 Å². The third-order valence-electron chi connectivity index (χ3n) is 3.72. The van der Waals surface area contributed by atoms with Crippen molar-refractivity contribution in [2.45, 2.75) is 36.6 Å². The Morgan fingerprint density at radius 2 is 1.79 bits per heavy atom. The van der Waals surface area contributed by atoms with Crippen molar-refractivity contribution in [2.24, 2.45) is 16.8 Å². The van der Waals surface area contributed by atoms with Gasteiger partial charge < -0.3 is 11.1 Å². The zero-order chi connectivity index (χ0) is 13.9. The number of rotatable bonds is 4. The van der Waals surface area contributed by atoms with Gasteiger partial charge in [-0.15, -0.1) is 0 Å². The predicted octanol–water partition coefficient (Wildman–Crippen LogP) is 1.26. The number of hydrogen-bond donors (Lipinski definition) is 3. The van der Waals surface area contributed by atoms with Crippen LogP contribution in [0.15, 0.2) is 29.2 Å². The van der Waals surface area contributed by atoms with E-state index in [9.17, 15) is 8.42 Å². The molecule has 19 heavy (non-hydrogen) atoms. The van der Waals surface area contributed by atoms with Crippen molar-refractivity contribution in [3.63, 3.8) is 0 Å². The van der Waals surface area contributed by atoms with E-state index in [1.165, 1.54) is 25.0 Å². The van der Waals surface area contributed by atoms with Crippen molar-refractivity contribution in [1.29, 1.82) is 0 Å². The molecule has 0 amide bonds. The molecule has 1 aromatic rings. The van der Waals surface area contributed by atoms with Crippen LogP contribution in [0.1, 0.15) is 25.7 Å². The van der Waals surface area contributed by atoms with Gasteiger partial charge in [0.25, 0.3) is 0 Å². The number of sulfonamides is 1. The maximum Gasteiger partial charge on any atom is 0.238 e. The molecular weight excluding hydrogens is 262 g/mol. The first-order chi connectivity index (χ1) is 8.97. The summed E-state index contributed by atoms with van der Waals surface area (Å²) in [5.74, 6) is 0.492. The van der Waals surface area contributed by atoms with E-state index >= 15 is 0 Å². The van der Waals surface area contributed by atoms with E-state index in [-0.39, 0.29) is 10.9 Å². The average molecular weight is 283 g/mol. The molecule has 2 atom stereocenters. The van der Waals surface area contributed by atoms with E-state index in [2.05, 4.69) is 5.32 Å². The Hall–Kier alpha value is -1.11. The standard InChI is InChI=1S/C13H21N3O2S/c14-13-4-2-1-3-10(13)9-16-11-5-7-12(8-6-11)19(15,17)18/h5-8,10,13,16H,1-4,9,14H2,(H2,15,17,18). The summed E-state index contributed by atoms with van der Waals surface area (Å²) < 4.78 is 22.3. The first kappa shape index (κ1) is 14.3. The maximum absolute atomic E-state index is 11.1. The monoisotopic (exact) mass is 283 g/mol. The molecule has 2 rings (SSSR count). The Morgan fingerprint density at radius 1 is 1.16 bits per heavy atom. The van der Waals surface area contributed by atoms with Gasteiger partial charge in [0.05, 0.1) is 4.90 Å². The highest BCUT2D eigenvalue weighted by Crippen LogP contribution is 2.23. The first-order valence-corrected chi connectivity index (χ1v) is 8.14. The number of nitrogens with two attached hydrogens (primary N) is 2. The molecule has 6 heteroatoms. The molecule has 0 saturated heterocycles. The van der Waals surface area contributed by atoms with Crippen LogP contribution < -0.4 is 16.2 Å². The van der Waals surface area contributed by atoms with Crippen LogP contribution in [0.25, 0.3) is 0 Å². The predicted molar refractivity (Wildman–Crippen MR) is 76.2 cm³/mol. The highest BCUT2D eigenvalue weighted by molar-refractivity contribution is 7.89. The number of benzene rings is 1. The minimum absolute atomic E-state index is 0.132. The Labute approximate surface area is 114 Å². The molecule has 1 saturated carbocycles. The fourth-order valence-electron chi connectivity index (χ4n) is 2.50. The molecule has 106 valence electrons. The summed E-state index contributed by atoms with van der Waals surface area (Å²) in [5, 5.41) is 8.36. The summed E-state index contributed by atoms with van der Waals surface area (Å²) in [5.41, 5.74) is 6.98. The largest absolute Gasteiger partial charge is 0.385 e. The second-order valence-corrected chi connectivity index (χ2v) is 6.72. The Bertz CT molecular complexity index is 513. The molecule has 0 bridgehead atoms. The lowest BCUT2D eigenvalue weighted by atomic mass is 9.85. The van der Waals surface area contributed by atoms with Gasteiger partial charge in [0.2, 0.25) is 10.0 Å². The number of primary sulfonamides is 1. The molecule has 0 aromatic heterocycles. The van der Waals surface area contributed by atoms with Crippen LogP contribution in [0.2, 0.25) is 0 Å². The highest BCUT2D eigenvalue weighted by Gasteiger charge is 2.21. The molecule has 1 aromatic carbocycles. The van der Waals surface area contributed by atoms with E-state index < -0.39 is 10.0 Å². The van der Waals surface area contributed by atoms with Crippen molar-refractivity contribution in [1.82, 2.24) is 0 Å². The maximum atomic E-state index is 11.1. The van der Waals surface area contributed by atoms with Gasteiger partial charge in [-0.3, -0.25) is 0 Å². The van der Waals surface area contributed by atoms with Crippen molar-refractivity contribution < 1.29 is 8.42 Å². The van der Waals surface area contributed by atoms with E-state index in [0.29, 0.717) is 5.92 Å². The Balaban J connectivity index is 1.93. The fraction of sp³-hybridized carbons (Fsp3) is 0.538. The van der Waals surface area contributed by atoms with Gasteiger partial charge in [-0.2, -0.15) is 0 Å². The van der Waals surface area contributed by atoms with E-state index in [0.717, 1.165) is 25.1 Å². The minimum atomic E-state index is -3.61. The molecular formula is C13H21N3O2S. The van der Waals surface area contributed by atoms with Crippen LogP contribution in [0, 0.1) is 5.92 Å². The van der Waals surface area contributed by atoms with Gasteiger partial charge in [0.1, 0.15) is 0 Å². The molecule has 5 N–H and O–H groups in total. The normalized spacial score (nSPS) is 24.1. The third-order valence-corrected chi connectivity index (χ3v) is 4.65. The lowest BCUT2D eigenvalue weighted by Crippen LogP contribution is -2.37. The molecule has 5 nitrogen and oxygen atoms in total. The topological polar surface area (TPSA) is 98.2 Å². The quantitative estimate of drug-likeness (QED) is 0.775. The Morgan fingerprint density at radius 3 is 2.37 bits per heavy atom. The van der Waals surface area contributed by atoms with Crippen molar-refractivity contribution in [3.8, 4) is 0 Å². The molecule has 0 aliphatic heterocycles. The van der Waals surface area contributed by atoms with Crippen LogP contribution in [0.4, 0.5) is 5.69 Å². The van der Waals surface area contributed by atoms with Crippen molar-refractivity contribution in [3.05, 3.63) is 24.3 Å². The average Bonchev–Trinajstić information content (AvgIpc) is 2.37. The van der Waals surface area contributed by atoms with Crippen LogP contribution in [-0.4, -0.2) is 21.0 Å². The summed E-state index contributed by atoms with van der Waals surface area (Å²) in [6.07, 6.45) is 4.71. The van der Waals surface area contributed by atoms with Crippen molar-refractivity contribution >= 4 is 15.7 Å². The highest BCUT2D eigenvalue weighted by atomic mass is 32.2. The van der Waals surface area contributed by atoms with Crippen LogP contribution in [0.3, 0.4) is 0 Å². The van der Waals surface area contributed by atoms with E-state index in [1.54, 1.807) is 12.1 Å². The van der Waals surface area contributed by atoms with Gasteiger partial charge >= 0.3 is 0 Å². The molecule has 2 unspecified atom stereocenters. The molecule has 0 spiro atoms. The number of hydrogen-bond acceptors (Lipinski definition) is 4. The van der Waals surface area contributed by atoms with Gasteiger partial charge in [-0.25, -0.2) is 13.6 Å². The third kappa shape index (κ3) is 3.92. The van der Waals surface area contributed by atoms with Crippen LogP contribution in [-0.2, 0) is 10.0 Å². The second kappa shape index (κ2) is 5.90. The van der Waals surface area contributed by atoms with Crippen molar-refractivity contribution in [2.75, 3.05) is 11.9 Å². The lowest BCUT2D eigenvalue weighted by molar-refractivity contribution is 0.321. The second-order valence-electron chi connectivity index (χ2n) is 5.16. The molecule has 1 aliphatic carbocycles. The van der Waals surface area contributed by atoms with E-state index in [1.807, 2.05) is 0 Å². The summed E-state index contributed by atoms with van der Waals surface area (Å²) in [7, 11) is -3.61. The minimum Gasteiger partial charge on any atom is -0.385 e. The van der Waals surface area contributed by atoms with Gasteiger partial charge in [0, 0.05) is 18.3 Å². The smallest absolute Gasteiger partial charge is 0.238 e. The van der Waals surface area contributed by atoms with Gasteiger partial charge in [-0.05, 0) is 43.0 Å². The summed E-state index contributed by atoms with van der Waals surface area (Å²) in [4.78, 5) is 0.132. The molecule has 1 fully saturated rings. The van der Waals surface area contributed by atoms with Crippen LogP contribution >= 0.6 is 0 Å². The molecule has 0 radical (unpaired) electrons. The SMILES string of the molecule is NC1CCCCC1CNc1ccc(S(N)(=O)=O)cc1. The van der Waals surface area contributed by atoms with E-state index in [4.69, 9.17) is 10.9 Å². The van der Waals surface area contributed by atoms with Gasteiger partial charge in [0.15, 0.2) is 0 Å². The van der Waals surface area contributed by atoms with Gasteiger partial charge in [-0.1, -0.05) is 12.8 Å². The Kier molecular flexibility index (Phi) is 4.44.